The molecule has 1 aliphatic rings. The summed E-state index contributed by atoms with van der Waals surface area (Å²) in [4.78, 5) is 8.43. The van der Waals surface area contributed by atoms with Crippen LogP contribution in [0.5, 0.6) is 0 Å². The van der Waals surface area contributed by atoms with Gasteiger partial charge in [0.2, 0.25) is 0 Å². The molecule has 0 spiro atoms. The van der Waals surface area contributed by atoms with Gasteiger partial charge in [0, 0.05) is 25.9 Å². The van der Waals surface area contributed by atoms with Crippen molar-refractivity contribution < 1.29 is 4.74 Å². The number of hydrogen-bond donors (Lipinski definition) is 1. The van der Waals surface area contributed by atoms with Crippen LogP contribution in [0.3, 0.4) is 0 Å². The molecule has 1 unspecified atom stereocenters. The van der Waals surface area contributed by atoms with Crippen LogP contribution >= 0.6 is 0 Å². The lowest BCUT2D eigenvalue weighted by Gasteiger charge is -2.22. The molecule has 1 saturated heterocycles. The van der Waals surface area contributed by atoms with Crippen molar-refractivity contribution in [3.63, 3.8) is 0 Å². The second-order valence-corrected chi connectivity index (χ2v) is 4.31. The van der Waals surface area contributed by atoms with Gasteiger partial charge in [0.05, 0.1) is 12.3 Å². The first-order chi connectivity index (χ1) is 7.84. The van der Waals surface area contributed by atoms with Crippen LogP contribution in [0.15, 0.2) is 12.3 Å². The van der Waals surface area contributed by atoms with Crippen LogP contribution < -0.4 is 5.32 Å². The predicted octanol–water partition coefficient (Wildman–Crippen LogP) is 1.30. The summed E-state index contributed by atoms with van der Waals surface area (Å²) in [6, 6.07) is 1.96. The number of nitrogens with one attached hydrogen (secondary N) is 1. The van der Waals surface area contributed by atoms with E-state index < -0.39 is 0 Å². The van der Waals surface area contributed by atoms with Gasteiger partial charge in [-0.1, -0.05) is 0 Å². The molecule has 2 heterocycles. The van der Waals surface area contributed by atoms with Crippen molar-refractivity contribution in [3.05, 3.63) is 23.8 Å². The van der Waals surface area contributed by atoms with Gasteiger partial charge in [-0.3, -0.25) is 0 Å². The molecule has 0 amide bonds. The molecule has 0 radical (unpaired) electrons. The minimum atomic E-state index is 0.664. The van der Waals surface area contributed by atoms with E-state index in [0.29, 0.717) is 5.92 Å². The molecular weight excluding hydrogens is 202 g/mol. The standard InChI is InChI=1S/C12H19N3O/c1-10-14-5-4-12(15-10)8-13-7-11-3-2-6-16-9-11/h4-5,11,13H,2-3,6-9H2,1H3. The minimum absolute atomic E-state index is 0.664. The largest absolute Gasteiger partial charge is 0.381 e. The Kier molecular flexibility index (Phi) is 4.25. The second-order valence-electron chi connectivity index (χ2n) is 4.31. The molecule has 1 N–H and O–H groups in total. The molecule has 4 heteroatoms. The Hall–Kier alpha value is -1.00. The van der Waals surface area contributed by atoms with Crippen molar-refractivity contribution >= 4 is 0 Å². The third-order valence-electron chi connectivity index (χ3n) is 2.83. The highest BCUT2D eigenvalue weighted by molar-refractivity contribution is 5.00. The first kappa shape index (κ1) is 11.5. The summed E-state index contributed by atoms with van der Waals surface area (Å²) in [5, 5.41) is 3.43. The van der Waals surface area contributed by atoms with Crippen molar-refractivity contribution in [2.45, 2.75) is 26.3 Å². The smallest absolute Gasteiger partial charge is 0.125 e. The number of nitrogens with zero attached hydrogens (tertiary/aromatic N) is 2. The Bertz CT molecular complexity index is 324. The van der Waals surface area contributed by atoms with Crippen molar-refractivity contribution in [2.75, 3.05) is 19.8 Å². The average Bonchev–Trinajstić information content (AvgIpc) is 2.30. The highest BCUT2D eigenvalue weighted by atomic mass is 16.5. The van der Waals surface area contributed by atoms with Gasteiger partial charge in [0.15, 0.2) is 0 Å². The topological polar surface area (TPSA) is 47.0 Å². The van der Waals surface area contributed by atoms with Crippen molar-refractivity contribution in [1.82, 2.24) is 15.3 Å². The molecule has 88 valence electrons. The number of aromatic nitrogens is 2. The van der Waals surface area contributed by atoms with Gasteiger partial charge in [-0.05, 0) is 31.7 Å². The van der Waals surface area contributed by atoms with Gasteiger partial charge in [-0.25, -0.2) is 9.97 Å². The molecular formula is C12H19N3O. The van der Waals surface area contributed by atoms with Gasteiger partial charge < -0.3 is 10.1 Å². The summed E-state index contributed by atoms with van der Waals surface area (Å²) in [5.41, 5.74) is 1.06. The van der Waals surface area contributed by atoms with Gasteiger partial charge in [-0.2, -0.15) is 0 Å². The van der Waals surface area contributed by atoms with E-state index in [9.17, 15) is 0 Å². The van der Waals surface area contributed by atoms with E-state index in [2.05, 4.69) is 15.3 Å². The zero-order valence-corrected chi connectivity index (χ0v) is 9.78. The van der Waals surface area contributed by atoms with Crippen LogP contribution in [0.1, 0.15) is 24.4 Å². The SMILES string of the molecule is Cc1nccc(CNCC2CCCOC2)n1. The molecule has 0 aliphatic carbocycles. The van der Waals surface area contributed by atoms with Crippen molar-refractivity contribution in [2.24, 2.45) is 5.92 Å². The Morgan fingerprint density at radius 1 is 1.56 bits per heavy atom. The quantitative estimate of drug-likeness (QED) is 0.832. The maximum absolute atomic E-state index is 5.44. The van der Waals surface area contributed by atoms with Crippen molar-refractivity contribution in [3.8, 4) is 0 Å². The lowest BCUT2D eigenvalue weighted by atomic mass is 10.0. The predicted molar refractivity (Wildman–Crippen MR) is 62.0 cm³/mol. The molecule has 0 saturated carbocycles. The van der Waals surface area contributed by atoms with E-state index >= 15 is 0 Å². The normalized spacial score (nSPS) is 20.9. The van der Waals surface area contributed by atoms with Crippen molar-refractivity contribution in [1.29, 1.82) is 0 Å². The number of aryl methyl sites for hydroxylation is 1. The lowest BCUT2D eigenvalue weighted by molar-refractivity contribution is 0.0547. The molecule has 1 fully saturated rings. The van der Waals surface area contributed by atoms with E-state index in [1.165, 1.54) is 12.8 Å². The van der Waals surface area contributed by atoms with Gasteiger partial charge >= 0.3 is 0 Å². The third kappa shape index (κ3) is 3.54. The van der Waals surface area contributed by atoms with Crippen LogP contribution in [-0.2, 0) is 11.3 Å². The zero-order valence-electron chi connectivity index (χ0n) is 9.78. The number of ether oxygens (including phenoxy) is 1. The minimum Gasteiger partial charge on any atom is -0.381 e. The van der Waals surface area contributed by atoms with Gasteiger partial charge in [0.25, 0.3) is 0 Å². The molecule has 0 bridgehead atoms. The molecule has 0 aromatic carbocycles. The Labute approximate surface area is 96.4 Å². The lowest BCUT2D eigenvalue weighted by Crippen LogP contribution is -2.29. The summed E-state index contributed by atoms with van der Waals surface area (Å²) in [6.45, 7) is 5.58. The van der Waals surface area contributed by atoms with E-state index in [0.717, 1.165) is 37.8 Å². The molecule has 1 atom stereocenters. The van der Waals surface area contributed by atoms with Gasteiger partial charge in [-0.15, -0.1) is 0 Å². The molecule has 16 heavy (non-hydrogen) atoms. The molecule has 4 nitrogen and oxygen atoms in total. The highest BCUT2D eigenvalue weighted by Gasteiger charge is 2.12. The third-order valence-corrected chi connectivity index (χ3v) is 2.83. The van der Waals surface area contributed by atoms with E-state index in [1.807, 2.05) is 19.2 Å². The van der Waals surface area contributed by atoms with Crippen LogP contribution in [0.4, 0.5) is 0 Å². The monoisotopic (exact) mass is 221 g/mol. The highest BCUT2D eigenvalue weighted by Crippen LogP contribution is 2.12. The first-order valence-corrected chi connectivity index (χ1v) is 5.91. The van der Waals surface area contributed by atoms with Crippen LogP contribution in [0, 0.1) is 12.8 Å². The van der Waals surface area contributed by atoms with Crippen LogP contribution in [0.2, 0.25) is 0 Å². The van der Waals surface area contributed by atoms with Gasteiger partial charge in [0.1, 0.15) is 5.82 Å². The van der Waals surface area contributed by atoms with Crippen LogP contribution in [-0.4, -0.2) is 29.7 Å². The molecule has 1 aliphatic heterocycles. The average molecular weight is 221 g/mol. The summed E-state index contributed by atoms with van der Waals surface area (Å²) >= 11 is 0. The summed E-state index contributed by atoms with van der Waals surface area (Å²) in [7, 11) is 0. The fourth-order valence-electron chi connectivity index (χ4n) is 1.98. The molecule has 2 rings (SSSR count). The van der Waals surface area contributed by atoms with E-state index in [-0.39, 0.29) is 0 Å². The Balaban J connectivity index is 1.71. The van der Waals surface area contributed by atoms with Crippen LogP contribution in [0.25, 0.3) is 0 Å². The Morgan fingerprint density at radius 3 is 3.25 bits per heavy atom. The summed E-state index contributed by atoms with van der Waals surface area (Å²) in [5.74, 6) is 1.50. The maximum atomic E-state index is 5.44. The fraction of sp³-hybridized carbons (Fsp3) is 0.667. The fourth-order valence-corrected chi connectivity index (χ4v) is 1.98. The van der Waals surface area contributed by atoms with E-state index in [1.54, 1.807) is 0 Å². The molecule has 1 aromatic heterocycles. The van der Waals surface area contributed by atoms with E-state index in [4.69, 9.17) is 4.74 Å². The summed E-state index contributed by atoms with van der Waals surface area (Å²) in [6.07, 6.45) is 4.28. The number of hydrogen-bond acceptors (Lipinski definition) is 4. The first-order valence-electron chi connectivity index (χ1n) is 5.91. The molecule has 1 aromatic rings. The number of rotatable bonds is 4. The Morgan fingerprint density at radius 2 is 2.50 bits per heavy atom. The second kappa shape index (κ2) is 5.92. The maximum Gasteiger partial charge on any atom is 0.125 e. The zero-order chi connectivity index (χ0) is 11.2. The summed E-state index contributed by atoms with van der Waals surface area (Å²) < 4.78 is 5.44.